The van der Waals surface area contributed by atoms with Crippen LogP contribution in [0.5, 0.6) is 0 Å². The summed E-state index contributed by atoms with van der Waals surface area (Å²) in [6, 6.07) is 10.5. The number of ether oxygens (including phenoxy) is 1. The zero-order valence-corrected chi connectivity index (χ0v) is 11.6. The van der Waals surface area contributed by atoms with Crippen LogP contribution < -0.4 is 5.32 Å². The SMILES string of the molecule is COCC(O)CNCC(c1ccccc1)C(C)C. The number of rotatable bonds is 8. The van der Waals surface area contributed by atoms with E-state index in [0.717, 1.165) is 6.54 Å². The number of benzene rings is 1. The molecule has 2 atom stereocenters. The van der Waals surface area contributed by atoms with Gasteiger partial charge < -0.3 is 15.2 Å². The lowest BCUT2D eigenvalue weighted by Gasteiger charge is -2.22. The van der Waals surface area contributed by atoms with Crippen molar-refractivity contribution in [2.24, 2.45) is 5.92 Å². The quantitative estimate of drug-likeness (QED) is 0.743. The van der Waals surface area contributed by atoms with Crippen molar-refractivity contribution in [1.82, 2.24) is 5.32 Å². The Morgan fingerprint density at radius 3 is 2.39 bits per heavy atom. The molecule has 2 N–H and O–H groups in total. The van der Waals surface area contributed by atoms with Crippen LogP contribution >= 0.6 is 0 Å². The van der Waals surface area contributed by atoms with Gasteiger partial charge in [0.25, 0.3) is 0 Å². The Labute approximate surface area is 110 Å². The second-order valence-corrected chi connectivity index (χ2v) is 5.03. The normalized spacial score (nSPS) is 14.7. The number of aliphatic hydroxyl groups is 1. The summed E-state index contributed by atoms with van der Waals surface area (Å²) in [5.74, 6) is 1.04. The average Bonchev–Trinajstić information content (AvgIpc) is 2.35. The smallest absolute Gasteiger partial charge is 0.0897 e. The zero-order valence-electron chi connectivity index (χ0n) is 11.6. The lowest BCUT2D eigenvalue weighted by molar-refractivity contribution is 0.0642. The predicted octanol–water partition coefficient (Wildman–Crippen LogP) is 2.02. The highest BCUT2D eigenvalue weighted by Crippen LogP contribution is 2.23. The molecule has 1 aromatic rings. The van der Waals surface area contributed by atoms with Crippen LogP contribution in [-0.2, 0) is 4.74 Å². The van der Waals surface area contributed by atoms with Crippen molar-refractivity contribution in [2.45, 2.75) is 25.9 Å². The first-order chi connectivity index (χ1) is 8.65. The van der Waals surface area contributed by atoms with Crippen molar-refractivity contribution >= 4 is 0 Å². The van der Waals surface area contributed by atoms with E-state index in [0.29, 0.717) is 25.0 Å². The van der Waals surface area contributed by atoms with E-state index < -0.39 is 6.10 Å². The van der Waals surface area contributed by atoms with E-state index in [1.165, 1.54) is 5.56 Å². The van der Waals surface area contributed by atoms with E-state index in [4.69, 9.17) is 4.74 Å². The van der Waals surface area contributed by atoms with Gasteiger partial charge in [-0.25, -0.2) is 0 Å². The summed E-state index contributed by atoms with van der Waals surface area (Å²) in [7, 11) is 1.60. The number of hydrogen-bond donors (Lipinski definition) is 2. The maximum Gasteiger partial charge on any atom is 0.0897 e. The second kappa shape index (κ2) is 8.25. The van der Waals surface area contributed by atoms with Gasteiger partial charge in [-0.15, -0.1) is 0 Å². The Morgan fingerprint density at radius 1 is 1.17 bits per heavy atom. The van der Waals surface area contributed by atoms with E-state index in [9.17, 15) is 5.11 Å². The van der Waals surface area contributed by atoms with Gasteiger partial charge in [-0.1, -0.05) is 44.2 Å². The van der Waals surface area contributed by atoms with Crippen molar-refractivity contribution in [2.75, 3.05) is 26.8 Å². The van der Waals surface area contributed by atoms with E-state index >= 15 is 0 Å². The highest BCUT2D eigenvalue weighted by Gasteiger charge is 2.15. The van der Waals surface area contributed by atoms with Gasteiger partial charge in [-0.3, -0.25) is 0 Å². The summed E-state index contributed by atoms with van der Waals surface area (Å²) < 4.78 is 4.90. The Balaban J connectivity index is 2.45. The molecule has 0 saturated heterocycles. The van der Waals surface area contributed by atoms with Gasteiger partial charge >= 0.3 is 0 Å². The third kappa shape index (κ3) is 5.17. The molecule has 0 heterocycles. The number of hydrogen-bond acceptors (Lipinski definition) is 3. The van der Waals surface area contributed by atoms with Crippen LogP contribution in [0.25, 0.3) is 0 Å². The number of methoxy groups -OCH3 is 1. The predicted molar refractivity (Wildman–Crippen MR) is 74.8 cm³/mol. The van der Waals surface area contributed by atoms with Gasteiger partial charge in [-0.05, 0) is 17.4 Å². The fraction of sp³-hybridized carbons (Fsp3) is 0.600. The summed E-state index contributed by atoms with van der Waals surface area (Å²) in [5, 5.41) is 12.9. The molecule has 1 rings (SSSR count). The summed E-state index contributed by atoms with van der Waals surface area (Å²) in [6.07, 6.45) is -0.432. The van der Waals surface area contributed by atoms with Crippen LogP contribution in [0.3, 0.4) is 0 Å². The summed E-state index contributed by atoms with van der Waals surface area (Å²) in [6.45, 7) is 6.28. The van der Waals surface area contributed by atoms with Crippen molar-refractivity contribution in [3.05, 3.63) is 35.9 Å². The molecular weight excluding hydrogens is 226 g/mol. The molecule has 0 spiro atoms. The number of aliphatic hydroxyl groups excluding tert-OH is 1. The Kier molecular flexibility index (Phi) is 6.94. The minimum absolute atomic E-state index is 0.380. The van der Waals surface area contributed by atoms with Crippen molar-refractivity contribution in [3.8, 4) is 0 Å². The van der Waals surface area contributed by atoms with Gasteiger partial charge in [-0.2, -0.15) is 0 Å². The van der Waals surface area contributed by atoms with Crippen molar-refractivity contribution in [1.29, 1.82) is 0 Å². The second-order valence-electron chi connectivity index (χ2n) is 5.03. The summed E-state index contributed by atoms with van der Waals surface area (Å²) >= 11 is 0. The first kappa shape index (κ1) is 15.2. The third-order valence-electron chi connectivity index (χ3n) is 3.14. The fourth-order valence-corrected chi connectivity index (χ4v) is 2.10. The molecular formula is C15H25NO2. The maximum atomic E-state index is 9.58. The van der Waals surface area contributed by atoms with Crippen LogP contribution in [-0.4, -0.2) is 38.0 Å². The molecule has 18 heavy (non-hydrogen) atoms. The molecule has 2 unspecified atom stereocenters. The Hall–Kier alpha value is -0.900. The molecule has 0 aliphatic carbocycles. The largest absolute Gasteiger partial charge is 0.389 e. The van der Waals surface area contributed by atoms with Crippen LogP contribution in [0, 0.1) is 5.92 Å². The molecule has 3 nitrogen and oxygen atoms in total. The van der Waals surface area contributed by atoms with Gasteiger partial charge in [0.2, 0.25) is 0 Å². The third-order valence-corrected chi connectivity index (χ3v) is 3.14. The summed E-state index contributed by atoms with van der Waals surface area (Å²) in [5.41, 5.74) is 1.35. The Morgan fingerprint density at radius 2 is 1.83 bits per heavy atom. The van der Waals surface area contributed by atoms with E-state index in [2.05, 4.69) is 43.4 Å². The van der Waals surface area contributed by atoms with Crippen LogP contribution in [0.2, 0.25) is 0 Å². The first-order valence-electron chi connectivity index (χ1n) is 6.57. The standard InChI is InChI=1S/C15H25NO2/c1-12(2)15(13-7-5-4-6-8-13)10-16-9-14(17)11-18-3/h4-8,12,14-17H,9-11H2,1-3H3. The minimum Gasteiger partial charge on any atom is -0.389 e. The van der Waals surface area contributed by atoms with Gasteiger partial charge in [0.05, 0.1) is 12.7 Å². The van der Waals surface area contributed by atoms with E-state index in [1.807, 2.05) is 6.07 Å². The molecule has 0 amide bonds. The van der Waals surface area contributed by atoms with Gasteiger partial charge in [0.15, 0.2) is 0 Å². The molecule has 0 aliphatic rings. The Bertz CT molecular complexity index is 314. The molecule has 0 aliphatic heterocycles. The lowest BCUT2D eigenvalue weighted by atomic mass is 9.88. The molecule has 0 fully saturated rings. The molecule has 0 bridgehead atoms. The van der Waals surface area contributed by atoms with E-state index in [-0.39, 0.29) is 0 Å². The highest BCUT2D eigenvalue weighted by atomic mass is 16.5. The van der Waals surface area contributed by atoms with Gasteiger partial charge in [0.1, 0.15) is 0 Å². The molecule has 102 valence electrons. The fourth-order valence-electron chi connectivity index (χ4n) is 2.10. The van der Waals surface area contributed by atoms with Crippen LogP contribution in [0.4, 0.5) is 0 Å². The highest BCUT2D eigenvalue weighted by molar-refractivity contribution is 5.20. The van der Waals surface area contributed by atoms with Crippen LogP contribution in [0.1, 0.15) is 25.3 Å². The number of nitrogens with one attached hydrogen (secondary N) is 1. The topological polar surface area (TPSA) is 41.5 Å². The van der Waals surface area contributed by atoms with Crippen LogP contribution in [0.15, 0.2) is 30.3 Å². The monoisotopic (exact) mass is 251 g/mol. The lowest BCUT2D eigenvalue weighted by Crippen LogP contribution is -2.33. The minimum atomic E-state index is -0.432. The first-order valence-corrected chi connectivity index (χ1v) is 6.57. The van der Waals surface area contributed by atoms with Crippen molar-refractivity contribution in [3.63, 3.8) is 0 Å². The average molecular weight is 251 g/mol. The molecule has 3 heteroatoms. The molecule has 0 radical (unpaired) electrons. The summed E-state index contributed by atoms with van der Waals surface area (Å²) in [4.78, 5) is 0. The maximum absolute atomic E-state index is 9.58. The zero-order chi connectivity index (χ0) is 13.4. The van der Waals surface area contributed by atoms with Gasteiger partial charge in [0, 0.05) is 20.2 Å². The van der Waals surface area contributed by atoms with E-state index in [1.54, 1.807) is 7.11 Å². The molecule has 1 aromatic carbocycles. The molecule has 0 aromatic heterocycles. The molecule has 0 saturated carbocycles. The van der Waals surface area contributed by atoms with Crippen molar-refractivity contribution < 1.29 is 9.84 Å².